The molecule has 17 heavy (non-hydrogen) atoms. The summed E-state index contributed by atoms with van der Waals surface area (Å²) >= 11 is 0. The lowest BCUT2D eigenvalue weighted by molar-refractivity contribution is -0.137. The third-order valence-corrected chi connectivity index (χ3v) is 2.54. The molecule has 6 heteroatoms. The largest absolute Gasteiger partial charge is 0.481 e. The number of aryl methyl sites for hydroxylation is 1. The van der Waals surface area contributed by atoms with Crippen molar-refractivity contribution in [2.45, 2.75) is 26.7 Å². The van der Waals surface area contributed by atoms with E-state index >= 15 is 0 Å². The van der Waals surface area contributed by atoms with Crippen LogP contribution in [0.3, 0.4) is 0 Å². The standard InChI is InChI=1S/C11H17N3O3/c1-7(3-4-10(15)16)5-12-11(17)9-6-13-14-8(9)2/h6-7H,3-5H2,1-2H3,(H,12,17)(H,13,14)(H,15,16). The lowest BCUT2D eigenvalue weighted by Crippen LogP contribution is -2.28. The molecule has 6 nitrogen and oxygen atoms in total. The number of carbonyl (C=O) groups excluding carboxylic acids is 1. The normalized spacial score (nSPS) is 12.1. The molecular formula is C11H17N3O3. The fraction of sp³-hybridized carbons (Fsp3) is 0.545. The first-order chi connectivity index (χ1) is 8.00. The summed E-state index contributed by atoms with van der Waals surface area (Å²) in [7, 11) is 0. The van der Waals surface area contributed by atoms with Crippen LogP contribution in [0.2, 0.25) is 0 Å². The number of aliphatic carboxylic acids is 1. The van der Waals surface area contributed by atoms with Crippen molar-refractivity contribution in [2.24, 2.45) is 5.92 Å². The number of hydrogen-bond acceptors (Lipinski definition) is 3. The molecule has 0 aliphatic heterocycles. The van der Waals surface area contributed by atoms with Crippen molar-refractivity contribution in [2.75, 3.05) is 6.54 Å². The maximum atomic E-state index is 11.7. The van der Waals surface area contributed by atoms with Gasteiger partial charge in [-0.15, -0.1) is 0 Å². The number of aromatic amines is 1. The molecule has 1 aromatic rings. The smallest absolute Gasteiger partial charge is 0.303 e. The Morgan fingerprint density at radius 2 is 2.29 bits per heavy atom. The van der Waals surface area contributed by atoms with Crippen LogP contribution in [0.15, 0.2) is 6.20 Å². The second kappa shape index (κ2) is 6.03. The van der Waals surface area contributed by atoms with Gasteiger partial charge in [-0.3, -0.25) is 14.7 Å². The van der Waals surface area contributed by atoms with E-state index < -0.39 is 5.97 Å². The molecule has 0 radical (unpaired) electrons. The van der Waals surface area contributed by atoms with Gasteiger partial charge in [0.25, 0.3) is 5.91 Å². The zero-order valence-corrected chi connectivity index (χ0v) is 9.99. The summed E-state index contributed by atoms with van der Waals surface area (Å²) in [5, 5.41) is 17.7. The van der Waals surface area contributed by atoms with Crippen LogP contribution >= 0.6 is 0 Å². The number of H-pyrrole nitrogens is 1. The maximum absolute atomic E-state index is 11.7. The van der Waals surface area contributed by atoms with E-state index in [-0.39, 0.29) is 18.2 Å². The molecule has 1 unspecified atom stereocenters. The van der Waals surface area contributed by atoms with Crippen molar-refractivity contribution in [1.82, 2.24) is 15.5 Å². The Morgan fingerprint density at radius 3 is 2.82 bits per heavy atom. The van der Waals surface area contributed by atoms with Gasteiger partial charge in [-0.1, -0.05) is 6.92 Å². The Kier molecular flexibility index (Phi) is 4.68. The third kappa shape index (κ3) is 4.26. The number of carbonyl (C=O) groups is 2. The highest BCUT2D eigenvalue weighted by Gasteiger charge is 2.12. The maximum Gasteiger partial charge on any atom is 0.303 e. The van der Waals surface area contributed by atoms with E-state index in [1.165, 1.54) is 6.20 Å². The van der Waals surface area contributed by atoms with Crippen LogP contribution in [-0.2, 0) is 4.79 Å². The number of carboxylic acid groups (broad SMARTS) is 1. The first-order valence-corrected chi connectivity index (χ1v) is 5.50. The highest BCUT2D eigenvalue weighted by Crippen LogP contribution is 2.06. The van der Waals surface area contributed by atoms with E-state index in [0.717, 1.165) is 5.69 Å². The molecule has 1 rings (SSSR count). The average Bonchev–Trinajstić information content (AvgIpc) is 2.69. The number of nitrogens with one attached hydrogen (secondary N) is 2. The minimum absolute atomic E-state index is 0.127. The molecule has 0 fully saturated rings. The number of aromatic nitrogens is 2. The average molecular weight is 239 g/mol. The first kappa shape index (κ1) is 13.2. The van der Waals surface area contributed by atoms with Gasteiger partial charge in [0.05, 0.1) is 11.8 Å². The highest BCUT2D eigenvalue weighted by molar-refractivity contribution is 5.94. The van der Waals surface area contributed by atoms with Crippen LogP contribution in [0.4, 0.5) is 0 Å². The van der Waals surface area contributed by atoms with Crippen molar-refractivity contribution < 1.29 is 14.7 Å². The van der Waals surface area contributed by atoms with Gasteiger partial charge >= 0.3 is 5.97 Å². The summed E-state index contributed by atoms with van der Waals surface area (Å²) in [6.45, 7) is 4.15. The van der Waals surface area contributed by atoms with Gasteiger partial charge in [-0.25, -0.2) is 0 Å². The van der Waals surface area contributed by atoms with E-state index in [0.29, 0.717) is 18.5 Å². The van der Waals surface area contributed by atoms with Gasteiger partial charge in [0, 0.05) is 18.7 Å². The quantitative estimate of drug-likeness (QED) is 0.688. The van der Waals surface area contributed by atoms with E-state index in [2.05, 4.69) is 15.5 Å². The van der Waals surface area contributed by atoms with Gasteiger partial charge in [0.15, 0.2) is 0 Å². The number of amides is 1. The predicted molar refractivity (Wildman–Crippen MR) is 61.7 cm³/mol. The Labute approximate surface area is 99.4 Å². The summed E-state index contributed by atoms with van der Waals surface area (Å²) in [6.07, 6.45) is 2.16. The molecule has 1 aromatic heterocycles. The summed E-state index contributed by atoms with van der Waals surface area (Å²) in [4.78, 5) is 22.1. The molecule has 0 aliphatic rings. The molecule has 0 spiro atoms. The fourth-order valence-corrected chi connectivity index (χ4v) is 1.41. The number of carboxylic acids is 1. The van der Waals surface area contributed by atoms with Gasteiger partial charge in [-0.2, -0.15) is 5.10 Å². The molecule has 1 atom stereocenters. The summed E-state index contributed by atoms with van der Waals surface area (Å²) < 4.78 is 0. The minimum atomic E-state index is -0.811. The number of rotatable bonds is 6. The number of nitrogens with zero attached hydrogens (tertiary/aromatic N) is 1. The van der Waals surface area contributed by atoms with Crippen LogP contribution < -0.4 is 5.32 Å². The van der Waals surface area contributed by atoms with Crippen molar-refractivity contribution >= 4 is 11.9 Å². The fourth-order valence-electron chi connectivity index (χ4n) is 1.41. The van der Waals surface area contributed by atoms with Crippen LogP contribution in [0.5, 0.6) is 0 Å². The molecule has 1 amide bonds. The van der Waals surface area contributed by atoms with E-state index in [1.54, 1.807) is 6.92 Å². The van der Waals surface area contributed by atoms with Gasteiger partial charge < -0.3 is 10.4 Å². The predicted octanol–water partition coefficient (Wildman–Crippen LogP) is 0.949. The van der Waals surface area contributed by atoms with Crippen LogP contribution in [0.25, 0.3) is 0 Å². The highest BCUT2D eigenvalue weighted by atomic mass is 16.4. The second-order valence-corrected chi connectivity index (χ2v) is 4.16. The van der Waals surface area contributed by atoms with Gasteiger partial charge in [0.1, 0.15) is 0 Å². The van der Waals surface area contributed by atoms with Crippen LogP contribution in [0.1, 0.15) is 35.8 Å². The second-order valence-electron chi connectivity index (χ2n) is 4.16. The van der Waals surface area contributed by atoms with Gasteiger partial charge in [-0.05, 0) is 19.3 Å². The summed E-state index contributed by atoms with van der Waals surface area (Å²) in [5.74, 6) is -0.852. The first-order valence-electron chi connectivity index (χ1n) is 5.50. The molecule has 0 saturated carbocycles. The number of hydrogen-bond donors (Lipinski definition) is 3. The van der Waals surface area contributed by atoms with E-state index in [1.807, 2.05) is 6.92 Å². The van der Waals surface area contributed by atoms with E-state index in [4.69, 9.17) is 5.11 Å². The van der Waals surface area contributed by atoms with Crippen molar-refractivity contribution in [3.8, 4) is 0 Å². The topological polar surface area (TPSA) is 95.1 Å². The van der Waals surface area contributed by atoms with Crippen molar-refractivity contribution in [3.05, 3.63) is 17.5 Å². The molecule has 0 aliphatic carbocycles. The lowest BCUT2D eigenvalue weighted by Gasteiger charge is -2.10. The summed E-state index contributed by atoms with van der Waals surface area (Å²) in [6, 6.07) is 0. The van der Waals surface area contributed by atoms with Crippen molar-refractivity contribution in [3.63, 3.8) is 0 Å². The molecule has 3 N–H and O–H groups in total. The minimum Gasteiger partial charge on any atom is -0.481 e. The Hall–Kier alpha value is -1.85. The Balaban J connectivity index is 2.33. The molecular weight excluding hydrogens is 222 g/mol. The van der Waals surface area contributed by atoms with Gasteiger partial charge in [0.2, 0.25) is 0 Å². The lowest BCUT2D eigenvalue weighted by atomic mass is 10.1. The van der Waals surface area contributed by atoms with E-state index in [9.17, 15) is 9.59 Å². The molecule has 1 heterocycles. The monoisotopic (exact) mass is 239 g/mol. The third-order valence-electron chi connectivity index (χ3n) is 2.54. The van der Waals surface area contributed by atoms with Crippen molar-refractivity contribution in [1.29, 1.82) is 0 Å². The molecule has 0 aromatic carbocycles. The molecule has 0 bridgehead atoms. The molecule has 0 saturated heterocycles. The Morgan fingerprint density at radius 1 is 1.59 bits per heavy atom. The van der Waals surface area contributed by atoms with Crippen LogP contribution in [0, 0.1) is 12.8 Å². The van der Waals surface area contributed by atoms with Crippen LogP contribution in [-0.4, -0.2) is 33.7 Å². The zero-order valence-electron chi connectivity index (χ0n) is 9.99. The SMILES string of the molecule is Cc1[nH]ncc1C(=O)NCC(C)CCC(=O)O. The summed E-state index contributed by atoms with van der Waals surface area (Å²) in [5.41, 5.74) is 1.25. The Bertz CT molecular complexity index is 400. The molecule has 94 valence electrons. The zero-order chi connectivity index (χ0) is 12.8.